The van der Waals surface area contributed by atoms with E-state index >= 15 is 0 Å². The van der Waals surface area contributed by atoms with E-state index in [1.165, 1.54) is 11.3 Å². The van der Waals surface area contributed by atoms with Gasteiger partial charge in [-0.3, -0.25) is 9.69 Å². The third-order valence-electron chi connectivity index (χ3n) is 5.56. The molecule has 0 bridgehead atoms. The van der Waals surface area contributed by atoms with Crippen LogP contribution in [0.1, 0.15) is 10.4 Å². The van der Waals surface area contributed by atoms with Gasteiger partial charge in [0.15, 0.2) is 5.13 Å². The van der Waals surface area contributed by atoms with E-state index in [-0.39, 0.29) is 5.91 Å². The van der Waals surface area contributed by atoms with Gasteiger partial charge in [-0.15, -0.1) is 11.3 Å². The highest BCUT2D eigenvalue weighted by molar-refractivity contribution is 7.22. The fourth-order valence-electron chi connectivity index (χ4n) is 3.82. The van der Waals surface area contributed by atoms with Crippen LogP contribution < -0.4 is 9.64 Å². The van der Waals surface area contributed by atoms with Crippen LogP contribution in [0.15, 0.2) is 66.0 Å². The number of methoxy groups -OCH3 is 1. The van der Waals surface area contributed by atoms with Gasteiger partial charge in [-0.2, -0.15) is 0 Å². The summed E-state index contributed by atoms with van der Waals surface area (Å²) in [6.07, 6.45) is 0. The number of amides is 1. The summed E-state index contributed by atoms with van der Waals surface area (Å²) in [6.45, 7) is 1.22. The molecule has 2 aromatic carbocycles. The number of thiophene rings is 1. The number of fused-ring (bicyclic) bond motifs is 2. The SMILES string of the molecule is COc1cccc2sc(N(CCN(C)C)C(=O)c3cc(-c4cccs4)nc4ccccc34)nc12. The molecule has 6 nitrogen and oxygen atoms in total. The number of aromatic nitrogens is 2. The lowest BCUT2D eigenvalue weighted by Crippen LogP contribution is -2.37. The van der Waals surface area contributed by atoms with Crippen LogP contribution >= 0.6 is 22.7 Å². The molecule has 0 spiro atoms. The summed E-state index contributed by atoms with van der Waals surface area (Å²) < 4.78 is 6.49. The number of rotatable bonds is 7. The van der Waals surface area contributed by atoms with Crippen molar-refractivity contribution in [3.05, 3.63) is 71.6 Å². The highest BCUT2D eigenvalue weighted by atomic mass is 32.1. The quantitative estimate of drug-likeness (QED) is 0.290. The maximum absolute atomic E-state index is 14.1. The van der Waals surface area contributed by atoms with Crippen molar-refractivity contribution in [3.63, 3.8) is 0 Å². The van der Waals surface area contributed by atoms with Gasteiger partial charge in [0.25, 0.3) is 5.91 Å². The van der Waals surface area contributed by atoms with Crippen molar-refractivity contribution < 1.29 is 9.53 Å². The molecule has 0 aliphatic carbocycles. The average Bonchev–Trinajstić information content (AvgIpc) is 3.53. The Labute approximate surface area is 206 Å². The Morgan fingerprint density at radius 2 is 1.85 bits per heavy atom. The van der Waals surface area contributed by atoms with Crippen LogP contribution in [-0.4, -0.2) is 55.1 Å². The van der Waals surface area contributed by atoms with Gasteiger partial charge < -0.3 is 9.64 Å². The molecule has 5 aromatic rings. The summed E-state index contributed by atoms with van der Waals surface area (Å²) in [5, 5.41) is 3.51. The predicted molar refractivity (Wildman–Crippen MR) is 141 cm³/mol. The highest BCUT2D eigenvalue weighted by Gasteiger charge is 2.25. The van der Waals surface area contributed by atoms with Crippen molar-refractivity contribution in [2.75, 3.05) is 39.2 Å². The molecule has 3 aromatic heterocycles. The van der Waals surface area contributed by atoms with Crippen LogP contribution in [-0.2, 0) is 0 Å². The van der Waals surface area contributed by atoms with Gasteiger partial charge in [-0.05, 0) is 49.8 Å². The Morgan fingerprint density at radius 1 is 1.00 bits per heavy atom. The number of hydrogen-bond donors (Lipinski definition) is 0. The first-order valence-corrected chi connectivity index (χ1v) is 12.6. The Kier molecular flexibility index (Phi) is 6.28. The molecule has 8 heteroatoms. The summed E-state index contributed by atoms with van der Waals surface area (Å²) in [5.74, 6) is 0.616. The first-order valence-electron chi connectivity index (χ1n) is 10.9. The number of carbonyl (C=O) groups excluding carboxylic acids is 1. The summed E-state index contributed by atoms with van der Waals surface area (Å²) >= 11 is 3.11. The van der Waals surface area contributed by atoms with E-state index in [0.29, 0.717) is 29.5 Å². The van der Waals surface area contributed by atoms with E-state index < -0.39 is 0 Å². The van der Waals surface area contributed by atoms with Crippen LogP contribution in [0, 0.1) is 0 Å². The number of ether oxygens (including phenoxy) is 1. The van der Waals surface area contributed by atoms with Gasteiger partial charge in [0.1, 0.15) is 11.3 Å². The third kappa shape index (κ3) is 4.27. The smallest absolute Gasteiger partial charge is 0.260 e. The van der Waals surface area contributed by atoms with Crippen LogP contribution in [0.5, 0.6) is 5.75 Å². The van der Waals surface area contributed by atoms with Crippen molar-refractivity contribution in [2.24, 2.45) is 0 Å². The van der Waals surface area contributed by atoms with E-state index in [4.69, 9.17) is 14.7 Å². The average molecular weight is 489 g/mol. The van der Waals surface area contributed by atoms with Crippen molar-refractivity contribution in [3.8, 4) is 16.3 Å². The summed E-state index contributed by atoms with van der Waals surface area (Å²) in [6, 6.07) is 19.6. The van der Waals surface area contributed by atoms with Gasteiger partial charge in [0.05, 0.1) is 33.5 Å². The molecule has 0 atom stereocenters. The predicted octanol–water partition coefficient (Wildman–Crippen LogP) is 5.79. The zero-order valence-corrected chi connectivity index (χ0v) is 20.8. The standard InChI is InChI=1S/C26H24N4O2S2/c1-29(2)13-14-30(26-28-24-21(32-3)10-6-11-23(24)34-26)25(31)18-16-20(22-12-7-15-33-22)27-19-9-5-4-8-17(18)19/h4-12,15-16H,13-14H2,1-3H3. The first-order chi connectivity index (χ1) is 16.5. The molecule has 0 fully saturated rings. The molecule has 0 radical (unpaired) electrons. The summed E-state index contributed by atoms with van der Waals surface area (Å²) in [5.41, 5.74) is 3.00. The molecule has 0 unspecified atom stereocenters. The zero-order chi connectivity index (χ0) is 23.7. The second kappa shape index (κ2) is 9.50. The number of benzene rings is 2. The molecule has 0 saturated heterocycles. The molecular weight excluding hydrogens is 464 g/mol. The van der Waals surface area contributed by atoms with E-state index in [2.05, 4.69) is 4.90 Å². The number of likely N-dealkylation sites (N-methyl/N-ethyl adjacent to an activating group) is 1. The van der Waals surface area contributed by atoms with Crippen molar-refractivity contribution in [2.45, 2.75) is 0 Å². The Morgan fingerprint density at radius 3 is 2.62 bits per heavy atom. The van der Waals surface area contributed by atoms with Gasteiger partial charge in [-0.25, -0.2) is 9.97 Å². The molecule has 0 aliphatic rings. The molecule has 0 saturated carbocycles. The zero-order valence-electron chi connectivity index (χ0n) is 19.2. The molecule has 3 heterocycles. The van der Waals surface area contributed by atoms with Crippen LogP contribution in [0.4, 0.5) is 5.13 Å². The van der Waals surface area contributed by atoms with E-state index in [0.717, 1.165) is 31.7 Å². The maximum atomic E-state index is 14.1. The van der Waals surface area contributed by atoms with E-state index in [9.17, 15) is 4.79 Å². The maximum Gasteiger partial charge on any atom is 0.260 e. The van der Waals surface area contributed by atoms with Crippen LogP contribution in [0.3, 0.4) is 0 Å². The van der Waals surface area contributed by atoms with Crippen molar-refractivity contribution in [1.29, 1.82) is 0 Å². The second-order valence-electron chi connectivity index (χ2n) is 8.11. The number of carbonyl (C=O) groups is 1. The molecule has 0 N–H and O–H groups in total. The fourth-order valence-corrected chi connectivity index (χ4v) is 5.52. The van der Waals surface area contributed by atoms with Crippen LogP contribution in [0.25, 0.3) is 31.7 Å². The number of pyridine rings is 1. The minimum atomic E-state index is -0.0868. The van der Waals surface area contributed by atoms with Gasteiger partial charge in [0, 0.05) is 18.5 Å². The minimum Gasteiger partial charge on any atom is -0.494 e. The van der Waals surface area contributed by atoms with Crippen LogP contribution in [0.2, 0.25) is 0 Å². The Balaban J connectivity index is 1.65. The molecule has 34 heavy (non-hydrogen) atoms. The molecule has 0 aliphatic heterocycles. The molecule has 1 amide bonds. The number of anilines is 1. The normalized spacial score (nSPS) is 11.4. The van der Waals surface area contributed by atoms with Gasteiger partial charge in [0.2, 0.25) is 0 Å². The Hall–Kier alpha value is -3.33. The summed E-state index contributed by atoms with van der Waals surface area (Å²) in [7, 11) is 5.64. The lowest BCUT2D eigenvalue weighted by atomic mass is 10.1. The largest absolute Gasteiger partial charge is 0.494 e. The first kappa shape index (κ1) is 22.5. The number of thiazole rings is 1. The Bertz CT molecular complexity index is 1460. The second-order valence-corrected chi connectivity index (χ2v) is 10.1. The van der Waals surface area contributed by atoms with Crippen molar-refractivity contribution >= 4 is 54.8 Å². The number of nitrogens with zero attached hydrogens (tertiary/aromatic N) is 4. The van der Waals surface area contributed by atoms with Gasteiger partial charge in [-0.1, -0.05) is 41.7 Å². The summed E-state index contributed by atoms with van der Waals surface area (Å²) in [4.78, 5) is 28.7. The molecule has 172 valence electrons. The third-order valence-corrected chi connectivity index (χ3v) is 7.49. The number of para-hydroxylation sites is 2. The van der Waals surface area contributed by atoms with Crippen molar-refractivity contribution in [1.82, 2.24) is 14.9 Å². The number of hydrogen-bond acceptors (Lipinski definition) is 7. The highest BCUT2D eigenvalue weighted by Crippen LogP contribution is 2.35. The monoisotopic (exact) mass is 488 g/mol. The van der Waals surface area contributed by atoms with Gasteiger partial charge >= 0.3 is 0 Å². The van der Waals surface area contributed by atoms with E-state index in [1.807, 2.05) is 80.1 Å². The topological polar surface area (TPSA) is 58.6 Å². The fraction of sp³-hybridized carbons (Fsp3) is 0.192. The minimum absolute atomic E-state index is 0.0868. The molecule has 5 rings (SSSR count). The molecular formula is C26H24N4O2S2. The lowest BCUT2D eigenvalue weighted by Gasteiger charge is -2.23. The van der Waals surface area contributed by atoms with E-state index in [1.54, 1.807) is 23.3 Å². The lowest BCUT2D eigenvalue weighted by molar-refractivity contribution is 0.0986.